The van der Waals surface area contributed by atoms with Crippen molar-refractivity contribution in [1.82, 2.24) is 25.4 Å². The minimum atomic E-state index is -0.0786. The van der Waals surface area contributed by atoms with E-state index in [0.29, 0.717) is 12.1 Å². The highest BCUT2D eigenvalue weighted by molar-refractivity contribution is 6.04. The van der Waals surface area contributed by atoms with Crippen LogP contribution in [0.25, 0.3) is 5.57 Å². The number of H-pyrrole nitrogens is 1. The summed E-state index contributed by atoms with van der Waals surface area (Å²) >= 11 is 0. The molecular formula is C24H24N6O. The van der Waals surface area contributed by atoms with Gasteiger partial charge in [0.1, 0.15) is 12.2 Å². The number of carbonyl (C=O) groups is 1. The highest BCUT2D eigenvalue weighted by Gasteiger charge is 2.38. The Morgan fingerprint density at radius 2 is 1.97 bits per heavy atom. The van der Waals surface area contributed by atoms with E-state index in [1.807, 2.05) is 18.2 Å². The molecule has 0 saturated carbocycles. The molecule has 31 heavy (non-hydrogen) atoms. The predicted molar refractivity (Wildman–Crippen MR) is 119 cm³/mol. The molecule has 2 unspecified atom stereocenters. The molecule has 0 radical (unpaired) electrons. The summed E-state index contributed by atoms with van der Waals surface area (Å²) in [5.74, 6) is 0.670. The molecule has 3 aliphatic rings. The molecule has 0 spiro atoms. The largest absolute Gasteiger partial charge is 0.377 e. The SMILES string of the molecule is O=C1NCC=C2c3c(cccc31)NC(c1ccc(CN3CCC3)cc1)C2c1ncn[nH]1. The van der Waals surface area contributed by atoms with Gasteiger partial charge < -0.3 is 10.6 Å². The topological polar surface area (TPSA) is 85.9 Å². The Hall–Kier alpha value is -3.45. The van der Waals surface area contributed by atoms with Crippen molar-refractivity contribution in [3.05, 3.63) is 82.9 Å². The van der Waals surface area contributed by atoms with Crippen molar-refractivity contribution in [3.63, 3.8) is 0 Å². The van der Waals surface area contributed by atoms with Crippen LogP contribution >= 0.6 is 0 Å². The fourth-order valence-electron chi connectivity index (χ4n) is 4.91. The molecule has 2 aromatic carbocycles. The molecule has 3 N–H and O–H groups in total. The lowest BCUT2D eigenvalue weighted by atomic mass is 9.77. The summed E-state index contributed by atoms with van der Waals surface area (Å²) in [7, 11) is 0. The monoisotopic (exact) mass is 412 g/mol. The Bertz CT molecular complexity index is 1150. The molecule has 156 valence electrons. The van der Waals surface area contributed by atoms with Crippen LogP contribution in [-0.4, -0.2) is 45.6 Å². The van der Waals surface area contributed by atoms with Crippen LogP contribution in [0.1, 0.15) is 51.3 Å². The van der Waals surface area contributed by atoms with Crippen LogP contribution in [0.3, 0.4) is 0 Å². The van der Waals surface area contributed by atoms with E-state index in [2.05, 4.69) is 61.1 Å². The summed E-state index contributed by atoms with van der Waals surface area (Å²) in [5.41, 5.74) is 6.27. The number of anilines is 1. The Kier molecular flexibility index (Phi) is 4.35. The fourth-order valence-corrected chi connectivity index (χ4v) is 4.91. The van der Waals surface area contributed by atoms with Gasteiger partial charge in [0.15, 0.2) is 0 Å². The van der Waals surface area contributed by atoms with Gasteiger partial charge in [-0.25, -0.2) is 4.98 Å². The maximum atomic E-state index is 12.6. The molecule has 2 atom stereocenters. The zero-order valence-electron chi connectivity index (χ0n) is 17.1. The number of amides is 1. The van der Waals surface area contributed by atoms with Gasteiger partial charge in [0.05, 0.1) is 12.0 Å². The van der Waals surface area contributed by atoms with E-state index < -0.39 is 0 Å². The third kappa shape index (κ3) is 3.13. The van der Waals surface area contributed by atoms with Crippen LogP contribution < -0.4 is 10.6 Å². The van der Waals surface area contributed by atoms with Crippen LogP contribution in [0.5, 0.6) is 0 Å². The quantitative estimate of drug-likeness (QED) is 0.613. The van der Waals surface area contributed by atoms with E-state index in [0.717, 1.165) is 29.2 Å². The van der Waals surface area contributed by atoms with Crippen molar-refractivity contribution < 1.29 is 4.79 Å². The van der Waals surface area contributed by atoms with Crippen LogP contribution in [0.4, 0.5) is 5.69 Å². The second-order valence-corrected chi connectivity index (χ2v) is 8.44. The molecule has 3 aromatic rings. The van der Waals surface area contributed by atoms with E-state index in [-0.39, 0.29) is 17.9 Å². The highest BCUT2D eigenvalue weighted by Crippen LogP contribution is 2.49. The fraction of sp³-hybridized carbons (Fsp3) is 0.292. The maximum absolute atomic E-state index is 12.6. The third-order valence-electron chi connectivity index (χ3n) is 6.58. The van der Waals surface area contributed by atoms with Gasteiger partial charge in [0.2, 0.25) is 0 Å². The Morgan fingerprint density at radius 3 is 2.71 bits per heavy atom. The number of hydrogen-bond acceptors (Lipinski definition) is 5. The number of benzene rings is 2. The number of aromatic nitrogens is 3. The zero-order chi connectivity index (χ0) is 20.8. The lowest BCUT2D eigenvalue weighted by Gasteiger charge is -2.36. The molecule has 6 rings (SSSR count). The highest BCUT2D eigenvalue weighted by atomic mass is 16.1. The number of nitrogens with one attached hydrogen (secondary N) is 3. The van der Waals surface area contributed by atoms with E-state index in [4.69, 9.17) is 0 Å². The average molecular weight is 412 g/mol. The van der Waals surface area contributed by atoms with Crippen molar-refractivity contribution in [3.8, 4) is 0 Å². The minimum Gasteiger partial charge on any atom is -0.377 e. The molecule has 7 heteroatoms. The number of carbonyl (C=O) groups excluding carboxylic acids is 1. The number of hydrogen-bond donors (Lipinski definition) is 3. The summed E-state index contributed by atoms with van der Waals surface area (Å²) in [6, 6.07) is 14.7. The second kappa shape index (κ2) is 7.35. The van der Waals surface area contributed by atoms with Gasteiger partial charge in [-0.2, -0.15) is 5.10 Å². The van der Waals surface area contributed by atoms with Crippen molar-refractivity contribution >= 4 is 17.2 Å². The number of aromatic amines is 1. The number of rotatable bonds is 4. The Labute approximate surface area is 180 Å². The molecular weight excluding hydrogens is 388 g/mol. The van der Waals surface area contributed by atoms with E-state index >= 15 is 0 Å². The molecule has 0 aliphatic carbocycles. The molecule has 1 fully saturated rings. The van der Waals surface area contributed by atoms with Crippen LogP contribution in [0, 0.1) is 0 Å². The second-order valence-electron chi connectivity index (χ2n) is 8.44. The Balaban J connectivity index is 1.44. The van der Waals surface area contributed by atoms with Crippen molar-refractivity contribution in [2.24, 2.45) is 0 Å². The van der Waals surface area contributed by atoms with E-state index in [1.165, 1.54) is 30.6 Å². The van der Waals surface area contributed by atoms with Gasteiger partial charge in [0.25, 0.3) is 5.91 Å². The molecule has 4 heterocycles. The number of likely N-dealkylation sites (tertiary alicyclic amines) is 1. The van der Waals surface area contributed by atoms with Crippen LogP contribution in [-0.2, 0) is 6.54 Å². The van der Waals surface area contributed by atoms with Gasteiger partial charge in [-0.15, -0.1) is 0 Å². The summed E-state index contributed by atoms with van der Waals surface area (Å²) in [5, 5.41) is 13.9. The molecule has 1 amide bonds. The standard InChI is InChI=1S/C24H24N6O/c31-24-18-3-1-4-19-20(18)17(9-10-25-24)21(23-26-14-27-29-23)22(28-19)16-7-5-15(6-8-16)13-30-11-2-12-30/h1,3-9,14,21-22,28H,2,10-13H2,(H,25,31)(H,26,27,29). The average Bonchev–Trinajstić information content (AvgIpc) is 3.24. The summed E-state index contributed by atoms with van der Waals surface area (Å²) < 4.78 is 0. The maximum Gasteiger partial charge on any atom is 0.252 e. The number of nitrogens with zero attached hydrogens (tertiary/aromatic N) is 3. The third-order valence-corrected chi connectivity index (χ3v) is 6.58. The van der Waals surface area contributed by atoms with Crippen LogP contribution in [0.15, 0.2) is 54.9 Å². The first-order valence-corrected chi connectivity index (χ1v) is 10.8. The zero-order valence-corrected chi connectivity index (χ0v) is 17.1. The molecule has 3 aliphatic heterocycles. The van der Waals surface area contributed by atoms with Gasteiger partial charge in [-0.1, -0.05) is 36.4 Å². The Morgan fingerprint density at radius 1 is 1.10 bits per heavy atom. The van der Waals surface area contributed by atoms with Gasteiger partial charge >= 0.3 is 0 Å². The lowest BCUT2D eigenvalue weighted by Crippen LogP contribution is -2.36. The first-order valence-electron chi connectivity index (χ1n) is 10.8. The summed E-state index contributed by atoms with van der Waals surface area (Å²) in [6.45, 7) is 3.89. The van der Waals surface area contributed by atoms with Crippen molar-refractivity contribution in [2.45, 2.75) is 24.9 Å². The molecule has 0 bridgehead atoms. The first kappa shape index (κ1) is 18.3. The van der Waals surface area contributed by atoms with Gasteiger partial charge in [0, 0.05) is 29.9 Å². The molecule has 7 nitrogen and oxygen atoms in total. The minimum absolute atomic E-state index is 0.0202. The molecule has 1 saturated heterocycles. The van der Waals surface area contributed by atoms with Crippen LogP contribution in [0.2, 0.25) is 0 Å². The normalized spacial score (nSPS) is 22.5. The smallest absolute Gasteiger partial charge is 0.252 e. The molecule has 1 aromatic heterocycles. The lowest BCUT2D eigenvalue weighted by molar-refractivity contribution is 0.0958. The van der Waals surface area contributed by atoms with E-state index in [9.17, 15) is 4.79 Å². The van der Waals surface area contributed by atoms with E-state index in [1.54, 1.807) is 6.33 Å². The van der Waals surface area contributed by atoms with Gasteiger partial charge in [-0.05, 0) is 48.3 Å². The first-order chi connectivity index (χ1) is 15.3. The van der Waals surface area contributed by atoms with Crippen molar-refractivity contribution in [1.29, 1.82) is 0 Å². The summed E-state index contributed by atoms with van der Waals surface area (Å²) in [4.78, 5) is 19.6. The summed E-state index contributed by atoms with van der Waals surface area (Å²) in [6.07, 6.45) is 4.97. The predicted octanol–water partition coefficient (Wildman–Crippen LogP) is 3.09. The van der Waals surface area contributed by atoms with Gasteiger partial charge in [-0.3, -0.25) is 14.8 Å². The van der Waals surface area contributed by atoms with Crippen molar-refractivity contribution in [2.75, 3.05) is 25.0 Å².